The van der Waals surface area contributed by atoms with Crippen molar-refractivity contribution in [3.05, 3.63) is 66.0 Å². The van der Waals surface area contributed by atoms with Crippen molar-refractivity contribution in [1.82, 2.24) is 29.5 Å². The van der Waals surface area contributed by atoms with Crippen molar-refractivity contribution in [1.29, 1.82) is 5.26 Å². The molecule has 0 atom stereocenters. The molecule has 4 heterocycles. The van der Waals surface area contributed by atoms with Crippen LogP contribution in [-0.2, 0) is 13.6 Å². The molecule has 0 aliphatic heterocycles. The van der Waals surface area contributed by atoms with Crippen LogP contribution in [-0.4, -0.2) is 46.3 Å². The van der Waals surface area contributed by atoms with Gasteiger partial charge in [0.15, 0.2) is 0 Å². The summed E-state index contributed by atoms with van der Waals surface area (Å²) in [7, 11) is 1.89. The van der Waals surface area contributed by atoms with E-state index in [2.05, 4.69) is 31.8 Å². The number of fused-ring (bicyclic) bond motifs is 4. The number of carbonyl (C=O) groups is 1. The number of hydrogen-bond acceptors (Lipinski definition) is 7. The molecule has 3 fully saturated rings. The van der Waals surface area contributed by atoms with Gasteiger partial charge in [-0.25, -0.2) is 9.50 Å². The number of hydrogen-bond donors (Lipinski definition) is 3. The molecule has 0 aromatic carbocycles. The molecule has 37 heavy (non-hydrogen) atoms. The molecule has 4 aromatic rings. The van der Waals surface area contributed by atoms with Gasteiger partial charge in [0.05, 0.1) is 64.1 Å². The Bertz CT molecular complexity index is 1520. The Morgan fingerprint density at radius 1 is 1.14 bits per heavy atom. The smallest absolute Gasteiger partial charge is 0.255 e. The van der Waals surface area contributed by atoms with Crippen molar-refractivity contribution in [2.24, 2.45) is 7.05 Å². The minimum absolute atomic E-state index is 0.166. The van der Waals surface area contributed by atoms with E-state index in [1.165, 1.54) is 6.20 Å². The summed E-state index contributed by atoms with van der Waals surface area (Å²) >= 11 is 0. The number of nitrogens with zero attached hydrogens (tertiary/aromatic N) is 6. The van der Waals surface area contributed by atoms with Crippen molar-refractivity contribution in [3.8, 4) is 17.5 Å². The van der Waals surface area contributed by atoms with Gasteiger partial charge >= 0.3 is 0 Å². The Morgan fingerprint density at radius 3 is 2.62 bits per heavy atom. The Balaban J connectivity index is 1.35. The van der Waals surface area contributed by atoms with Crippen molar-refractivity contribution in [2.45, 2.75) is 56.2 Å². The quantitative estimate of drug-likeness (QED) is 0.373. The highest BCUT2D eigenvalue weighted by Crippen LogP contribution is 2.48. The van der Waals surface area contributed by atoms with Gasteiger partial charge in [0.2, 0.25) is 0 Å². The van der Waals surface area contributed by atoms with Crippen molar-refractivity contribution in [2.75, 3.05) is 5.32 Å². The van der Waals surface area contributed by atoms with Crippen molar-refractivity contribution >= 4 is 17.1 Å². The summed E-state index contributed by atoms with van der Waals surface area (Å²) in [4.78, 5) is 22.2. The number of nitriles is 1. The third-order valence-corrected chi connectivity index (χ3v) is 7.84. The van der Waals surface area contributed by atoms with E-state index >= 15 is 0 Å². The molecule has 3 saturated carbocycles. The normalized spacial score (nSPS) is 22.6. The molecule has 3 aliphatic carbocycles. The second kappa shape index (κ2) is 8.71. The summed E-state index contributed by atoms with van der Waals surface area (Å²) in [5.41, 5.74) is 3.94. The third-order valence-electron chi connectivity index (χ3n) is 7.84. The number of aliphatic hydroxyl groups is 1. The van der Waals surface area contributed by atoms with Crippen LogP contribution in [0.15, 0.2) is 49.2 Å². The number of aromatic nitrogens is 5. The van der Waals surface area contributed by atoms with Crippen LogP contribution in [0.1, 0.15) is 60.1 Å². The van der Waals surface area contributed by atoms with E-state index in [1.54, 1.807) is 23.1 Å². The minimum Gasteiger partial charge on any atom is -0.390 e. The zero-order valence-electron chi connectivity index (χ0n) is 20.6. The average molecular weight is 497 g/mol. The van der Waals surface area contributed by atoms with Crippen LogP contribution in [0.3, 0.4) is 0 Å². The van der Waals surface area contributed by atoms with Gasteiger partial charge in [-0.2, -0.15) is 10.4 Å². The highest BCUT2D eigenvalue weighted by Gasteiger charge is 2.48. The van der Waals surface area contributed by atoms with Gasteiger partial charge in [-0.05, 0) is 62.8 Å². The number of amides is 1. The zero-order valence-corrected chi connectivity index (χ0v) is 20.6. The van der Waals surface area contributed by atoms with Crippen LogP contribution in [0.2, 0.25) is 0 Å². The highest BCUT2D eigenvalue weighted by atomic mass is 16.3. The number of carbonyl (C=O) groups excluding carboxylic acids is 1. The first-order valence-corrected chi connectivity index (χ1v) is 12.5. The van der Waals surface area contributed by atoms with E-state index in [-0.39, 0.29) is 11.4 Å². The van der Waals surface area contributed by atoms with Crippen LogP contribution in [0.4, 0.5) is 5.69 Å². The lowest BCUT2D eigenvalue weighted by Crippen LogP contribution is -2.54. The van der Waals surface area contributed by atoms with Crippen LogP contribution in [0.5, 0.6) is 0 Å². The fourth-order valence-corrected chi connectivity index (χ4v) is 5.60. The molecular weight excluding hydrogens is 468 g/mol. The van der Waals surface area contributed by atoms with Gasteiger partial charge in [0.1, 0.15) is 6.07 Å². The summed E-state index contributed by atoms with van der Waals surface area (Å²) in [5.74, 6) is -0.233. The first kappa shape index (κ1) is 23.2. The molecule has 3 N–H and O–H groups in total. The van der Waals surface area contributed by atoms with Crippen molar-refractivity contribution < 1.29 is 9.90 Å². The summed E-state index contributed by atoms with van der Waals surface area (Å²) < 4.78 is 3.58. The third kappa shape index (κ3) is 4.32. The Kier molecular flexibility index (Phi) is 5.46. The fourth-order valence-electron chi connectivity index (χ4n) is 5.60. The molecule has 0 saturated heterocycles. The lowest BCUT2D eigenvalue weighted by Gasteiger charge is -2.51. The Morgan fingerprint density at radius 2 is 1.92 bits per heavy atom. The lowest BCUT2D eigenvalue weighted by atomic mass is 9.63. The predicted molar refractivity (Wildman–Crippen MR) is 137 cm³/mol. The standard InChI is InChI=1S/C27H28N8O2/c1-34-16-19(31-17-34)14-30-25(36)21-15-29-23(24-3-2-20-10-18(12-28)13-32-35(20)24)11-22(21)33-26-4-7-27(37,8-5-26)9-6-26/h2-3,10-11,13,15-17,37H,4-9,14H2,1H3,(H,29,33)(H,30,36). The molecule has 3 aliphatic rings. The van der Waals surface area contributed by atoms with Gasteiger partial charge in [0.25, 0.3) is 5.91 Å². The number of pyridine rings is 1. The molecule has 10 nitrogen and oxygen atoms in total. The first-order chi connectivity index (χ1) is 17.9. The number of aryl methyl sites for hydroxylation is 1. The van der Waals surface area contributed by atoms with E-state index < -0.39 is 5.60 Å². The van der Waals surface area contributed by atoms with E-state index in [0.717, 1.165) is 55.4 Å². The molecule has 7 rings (SSSR count). The number of rotatable bonds is 6. The predicted octanol–water partition coefficient (Wildman–Crippen LogP) is 3.18. The van der Waals surface area contributed by atoms with Crippen LogP contribution in [0.25, 0.3) is 16.9 Å². The van der Waals surface area contributed by atoms with E-state index in [4.69, 9.17) is 0 Å². The average Bonchev–Trinajstić information content (AvgIpc) is 3.53. The maximum atomic E-state index is 13.3. The Hall–Kier alpha value is -4.23. The maximum Gasteiger partial charge on any atom is 0.255 e. The first-order valence-electron chi connectivity index (χ1n) is 12.5. The summed E-state index contributed by atoms with van der Waals surface area (Å²) in [6.07, 6.45) is 11.5. The van der Waals surface area contributed by atoms with Crippen LogP contribution >= 0.6 is 0 Å². The number of anilines is 1. The van der Waals surface area contributed by atoms with Crippen molar-refractivity contribution in [3.63, 3.8) is 0 Å². The van der Waals surface area contributed by atoms with Gasteiger partial charge in [-0.1, -0.05) is 0 Å². The van der Waals surface area contributed by atoms with E-state index in [9.17, 15) is 15.2 Å². The van der Waals surface area contributed by atoms with Crippen LogP contribution in [0, 0.1) is 11.3 Å². The summed E-state index contributed by atoms with van der Waals surface area (Å²) in [6.45, 7) is 0.313. The molecule has 2 bridgehead atoms. The molecule has 1 amide bonds. The van der Waals surface area contributed by atoms with Gasteiger partial charge in [-0.15, -0.1) is 0 Å². The lowest BCUT2D eigenvalue weighted by molar-refractivity contribution is -0.0580. The molecule has 0 radical (unpaired) electrons. The Labute approximate surface area is 214 Å². The molecule has 0 spiro atoms. The summed E-state index contributed by atoms with van der Waals surface area (Å²) in [5, 5.41) is 31.0. The second-order valence-electron chi connectivity index (χ2n) is 10.4. The molecule has 188 valence electrons. The minimum atomic E-state index is -0.547. The van der Waals surface area contributed by atoms with Gasteiger partial charge < -0.3 is 20.3 Å². The SMILES string of the molecule is Cn1cnc(CNC(=O)c2cnc(-c3ccc4cc(C#N)cnn34)cc2NC23CCC(O)(CC2)CC3)c1. The molecule has 0 unspecified atom stereocenters. The topological polar surface area (TPSA) is 133 Å². The van der Waals surface area contributed by atoms with Crippen LogP contribution < -0.4 is 10.6 Å². The maximum absolute atomic E-state index is 13.3. The number of imidazole rings is 1. The molecule has 4 aromatic heterocycles. The number of nitrogens with one attached hydrogen (secondary N) is 2. The molecular formula is C27H28N8O2. The highest BCUT2D eigenvalue weighted by molar-refractivity contribution is 6.00. The van der Waals surface area contributed by atoms with Gasteiger partial charge in [0, 0.05) is 25.0 Å². The molecule has 10 heteroatoms. The monoisotopic (exact) mass is 496 g/mol. The fraction of sp³-hybridized carbons (Fsp3) is 0.370. The second-order valence-corrected chi connectivity index (χ2v) is 10.4. The van der Waals surface area contributed by atoms with Gasteiger partial charge in [-0.3, -0.25) is 9.78 Å². The van der Waals surface area contributed by atoms with E-state index in [0.29, 0.717) is 29.1 Å². The zero-order chi connectivity index (χ0) is 25.6. The summed E-state index contributed by atoms with van der Waals surface area (Å²) in [6, 6.07) is 9.61. The van der Waals surface area contributed by atoms with E-state index in [1.807, 2.05) is 36.0 Å². The largest absolute Gasteiger partial charge is 0.390 e.